The van der Waals surface area contributed by atoms with Gasteiger partial charge in [-0.2, -0.15) is 5.26 Å². The van der Waals surface area contributed by atoms with E-state index in [1.54, 1.807) is 7.11 Å². The van der Waals surface area contributed by atoms with Crippen molar-refractivity contribution in [2.75, 3.05) is 13.7 Å². The highest BCUT2D eigenvalue weighted by molar-refractivity contribution is 4.95. The van der Waals surface area contributed by atoms with Gasteiger partial charge in [0.1, 0.15) is 0 Å². The first-order valence-corrected chi connectivity index (χ1v) is 4.75. The van der Waals surface area contributed by atoms with Crippen molar-refractivity contribution in [1.82, 2.24) is 5.32 Å². The van der Waals surface area contributed by atoms with Gasteiger partial charge >= 0.3 is 0 Å². The smallest absolute Gasteiger partial charge is 0.0697 e. The molecule has 1 aliphatic carbocycles. The molecule has 0 bridgehead atoms. The Balaban J connectivity index is 2.13. The van der Waals surface area contributed by atoms with Crippen molar-refractivity contribution in [2.24, 2.45) is 5.41 Å². The van der Waals surface area contributed by atoms with Crippen LogP contribution in [0.1, 0.15) is 26.7 Å². The van der Waals surface area contributed by atoms with Gasteiger partial charge in [0.05, 0.1) is 17.6 Å². The number of hydrogen-bond acceptors (Lipinski definition) is 3. The minimum absolute atomic E-state index is 0.252. The largest absolute Gasteiger partial charge is 0.381 e. The Kier molecular flexibility index (Phi) is 3.29. The summed E-state index contributed by atoms with van der Waals surface area (Å²) in [5, 5.41) is 12.2. The molecular formula is C10H18N2O. The van der Waals surface area contributed by atoms with E-state index in [1.165, 1.54) is 0 Å². The molecule has 3 heteroatoms. The van der Waals surface area contributed by atoms with Crippen molar-refractivity contribution < 1.29 is 4.74 Å². The fourth-order valence-electron chi connectivity index (χ4n) is 1.36. The molecule has 1 rings (SSSR count). The zero-order valence-corrected chi connectivity index (χ0v) is 8.63. The minimum Gasteiger partial charge on any atom is -0.381 e. The van der Waals surface area contributed by atoms with Gasteiger partial charge in [-0.05, 0) is 26.7 Å². The highest BCUT2D eigenvalue weighted by atomic mass is 16.5. The van der Waals surface area contributed by atoms with Gasteiger partial charge < -0.3 is 10.1 Å². The lowest BCUT2D eigenvalue weighted by molar-refractivity contribution is 0.0159. The van der Waals surface area contributed by atoms with E-state index in [2.05, 4.69) is 11.4 Å². The molecule has 0 heterocycles. The molecule has 1 aliphatic rings. The molecule has 0 amide bonds. The minimum atomic E-state index is -0.252. The number of nitriles is 1. The number of hydrogen-bond donors (Lipinski definition) is 1. The van der Waals surface area contributed by atoms with E-state index >= 15 is 0 Å². The first-order valence-electron chi connectivity index (χ1n) is 4.75. The second kappa shape index (κ2) is 4.08. The molecule has 0 aromatic carbocycles. The number of methoxy groups -OCH3 is 1. The van der Waals surface area contributed by atoms with Crippen LogP contribution in [0.5, 0.6) is 0 Å². The molecule has 1 saturated carbocycles. The second-order valence-electron chi connectivity index (χ2n) is 4.40. The van der Waals surface area contributed by atoms with Crippen molar-refractivity contribution in [3.63, 3.8) is 0 Å². The fourth-order valence-corrected chi connectivity index (χ4v) is 1.36. The summed E-state index contributed by atoms with van der Waals surface area (Å²) in [5.41, 5.74) is -0.252. The lowest BCUT2D eigenvalue weighted by Gasteiger charge is -2.36. The van der Waals surface area contributed by atoms with Crippen molar-refractivity contribution in [3.05, 3.63) is 0 Å². The Morgan fingerprint density at radius 1 is 1.54 bits per heavy atom. The molecule has 0 aliphatic heterocycles. The SMILES string of the molecule is COC1CC(NCC(C)(C)C#N)C1. The van der Waals surface area contributed by atoms with Crippen molar-refractivity contribution in [1.29, 1.82) is 5.26 Å². The number of ether oxygens (including phenoxy) is 1. The molecule has 0 radical (unpaired) electrons. The van der Waals surface area contributed by atoms with Crippen molar-refractivity contribution in [3.8, 4) is 6.07 Å². The topological polar surface area (TPSA) is 45.0 Å². The average molecular weight is 182 g/mol. The molecule has 0 spiro atoms. The number of nitrogens with one attached hydrogen (secondary N) is 1. The van der Waals surface area contributed by atoms with Crippen LogP contribution < -0.4 is 5.32 Å². The van der Waals surface area contributed by atoms with Crippen LogP contribution in [0, 0.1) is 16.7 Å². The maximum Gasteiger partial charge on any atom is 0.0697 e. The maximum absolute atomic E-state index is 8.78. The molecule has 0 atom stereocenters. The van der Waals surface area contributed by atoms with Gasteiger partial charge in [0.2, 0.25) is 0 Å². The Hall–Kier alpha value is -0.590. The monoisotopic (exact) mass is 182 g/mol. The van der Waals surface area contributed by atoms with Crippen LogP contribution in [-0.4, -0.2) is 25.8 Å². The molecule has 1 fully saturated rings. The molecule has 1 N–H and O–H groups in total. The quantitative estimate of drug-likeness (QED) is 0.713. The summed E-state index contributed by atoms with van der Waals surface area (Å²) < 4.78 is 5.17. The van der Waals surface area contributed by atoms with Crippen LogP contribution in [0.15, 0.2) is 0 Å². The predicted octanol–water partition coefficient (Wildman–Crippen LogP) is 1.30. The Labute approximate surface area is 80.1 Å². The molecule has 0 aromatic heterocycles. The summed E-state index contributed by atoms with van der Waals surface area (Å²) in [6.45, 7) is 4.67. The Morgan fingerprint density at radius 3 is 2.62 bits per heavy atom. The highest BCUT2D eigenvalue weighted by Crippen LogP contribution is 2.23. The number of nitrogens with zero attached hydrogens (tertiary/aromatic N) is 1. The summed E-state index contributed by atoms with van der Waals surface area (Å²) in [4.78, 5) is 0. The van der Waals surface area contributed by atoms with Crippen molar-refractivity contribution >= 4 is 0 Å². The van der Waals surface area contributed by atoms with E-state index < -0.39 is 0 Å². The molecule has 0 aromatic rings. The predicted molar refractivity (Wildman–Crippen MR) is 51.2 cm³/mol. The van der Waals surface area contributed by atoms with E-state index in [0.717, 1.165) is 19.4 Å². The van der Waals surface area contributed by atoms with E-state index in [0.29, 0.717) is 12.1 Å². The maximum atomic E-state index is 8.78. The van der Waals surface area contributed by atoms with Gasteiger partial charge in [-0.15, -0.1) is 0 Å². The summed E-state index contributed by atoms with van der Waals surface area (Å²) in [7, 11) is 1.75. The standard InChI is InChI=1S/C10H18N2O/c1-10(2,6-11)7-12-8-4-9(5-8)13-3/h8-9,12H,4-5,7H2,1-3H3. The lowest BCUT2D eigenvalue weighted by Crippen LogP contribution is -2.47. The molecule has 0 unspecified atom stereocenters. The fraction of sp³-hybridized carbons (Fsp3) is 0.900. The zero-order chi connectivity index (χ0) is 9.90. The van der Waals surface area contributed by atoms with Crippen molar-refractivity contribution in [2.45, 2.75) is 38.8 Å². The van der Waals surface area contributed by atoms with Crippen LogP contribution in [-0.2, 0) is 4.74 Å². The van der Waals surface area contributed by atoms with E-state index in [-0.39, 0.29) is 5.41 Å². The summed E-state index contributed by atoms with van der Waals surface area (Å²) >= 11 is 0. The van der Waals surface area contributed by atoms with E-state index in [9.17, 15) is 0 Å². The summed E-state index contributed by atoms with van der Waals surface area (Å²) in [6.07, 6.45) is 2.60. The second-order valence-corrected chi connectivity index (χ2v) is 4.40. The van der Waals surface area contributed by atoms with Gasteiger partial charge in [-0.25, -0.2) is 0 Å². The van der Waals surface area contributed by atoms with Gasteiger partial charge in [0, 0.05) is 19.7 Å². The van der Waals surface area contributed by atoms with Crippen LogP contribution in [0.2, 0.25) is 0 Å². The molecule has 0 saturated heterocycles. The summed E-state index contributed by atoms with van der Waals surface area (Å²) in [6, 6.07) is 2.83. The third-order valence-corrected chi connectivity index (χ3v) is 2.56. The molecule has 3 nitrogen and oxygen atoms in total. The Bertz CT molecular complexity index is 201. The number of rotatable bonds is 4. The molecule has 74 valence electrons. The van der Waals surface area contributed by atoms with E-state index in [4.69, 9.17) is 10.00 Å². The third-order valence-electron chi connectivity index (χ3n) is 2.56. The van der Waals surface area contributed by atoms with Crippen LogP contribution in [0.25, 0.3) is 0 Å². The van der Waals surface area contributed by atoms with Crippen LogP contribution in [0.4, 0.5) is 0 Å². The average Bonchev–Trinajstić information content (AvgIpc) is 2.02. The van der Waals surface area contributed by atoms with Crippen LogP contribution >= 0.6 is 0 Å². The molecule has 13 heavy (non-hydrogen) atoms. The Morgan fingerprint density at radius 2 is 2.15 bits per heavy atom. The van der Waals surface area contributed by atoms with Gasteiger partial charge in [0.25, 0.3) is 0 Å². The first-order chi connectivity index (χ1) is 6.07. The van der Waals surface area contributed by atoms with Crippen LogP contribution in [0.3, 0.4) is 0 Å². The van der Waals surface area contributed by atoms with Gasteiger partial charge in [-0.3, -0.25) is 0 Å². The van der Waals surface area contributed by atoms with Gasteiger partial charge in [0.15, 0.2) is 0 Å². The third kappa shape index (κ3) is 2.98. The first kappa shape index (κ1) is 10.5. The summed E-state index contributed by atoms with van der Waals surface area (Å²) in [5.74, 6) is 0. The zero-order valence-electron chi connectivity index (χ0n) is 8.63. The highest BCUT2D eigenvalue weighted by Gasteiger charge is 2.30. The normalized spacial score (nSPS) is 27.8. The lowest BCUT2D eigenvalue weighted by atomic mass is 9.87. The van der Waals surface area contributed by atoms with E-state index in [1.807, 2.05) is 13.8 Å². The van der Waals surface area contributed by atoms with Gasteiger partial charge in [-0.1, -0.05) is 0 Å². The molecular weight excluding hydrogens is 164 g/mol.